The molecule has 0 radical (unpaired) electrons. The van der Waals surface area contributed by atoms with Crippen LogP contribution in [-0.2, 0) is 0 Å². The van der Waals surface area contributed by atoms with Gasteiger partial charge in [0.05, 0.1) is 22.3 Å². The monoisotopic (exact) mass is 509 g/mol. The normalized spacial score (nSPS) is 18.9. The summed E-state index contributed by atoms with van der Waals surface area (Å²) in [7, 11) is 0. The highest BCUT2D eigenvalue weighted by Gasteiger charge is 2.43. The zero-order chi connectivity index (χ0) is 23.6. The number of benzene rings is 3. The highest BCUT2D eigenvalue weighted by atomic mass is 35.5. The van der Waals surface area contributed by atoms with Crippen LogP contribution in [0.15, 0.2) is 72.0 Å². The van der Waals surface area contributed by atoms with E-state index in [1.54, 1.807) is 17.6 Å². The Morgan fingerprint density at radius 3 is 2.53 bits per heavy atom. The molecular weight excluding hydrogens is 493 g/mol. The molecule has 5 nitrogen and oxygen atoms in total. The van der Waals surface area contributed by atoms with Crippen molar-refractivity contribution in [3.05, 3.63) is 98.6 Å². The number of halogens is 3. The van der Waals surface area contributed by atoms with E-state index in [0.29, 0.717) is 27.2 Å². The lowest BCUT2D eigenvalue weighted by atomic mass is 9.96. The predicted molar refractivity (Wildman–Crippen MR) is 135 cm³/mol. The predicted octanol–water partition coefficient (Wildman–Crippen LogP) is 7.50. The first kappa shape index (κ1) is 21.5. The van der Waals surface area contributed by atoms with Gasteiger partial charge in [0.15, 0.2) is 0 Å². The molecule has 2 aliphatic rings. The fraction of sp³-hybridized carbons (Fsp3) is 0.154. The summed E-state index contributed by atoms with van der Waals surface area (Å²) < 4.78 is 8.15. The number of carbonyl (C=O) groups excluding carboxylic acids is 1. The van der Waals surface area contributed by atoms with E-state index in [9.17, 15) is 4.79 Å². The van der Waals surface area contributed by atoms with E-state index in [1.807, 2.05) is 65.8 Å². The average Bonchev–Trinajstić information content (AvgIpc) is 3.42. The standard InChI is InChI=1S/C26H18Cl3N3O2/c1-14(33)31-13-20(18-4-2-3-5-23(18)31)26-32-24(19-10-17(28)11-21(29)25(19)34-26)12-22(30-32)15-6-8-16(27)9-7-15/h2-11,13,24,26H,12H2,1H3. The Hall–Kier alpha value is -2.99. The van der Waals surface area contributed by atoms with Gasteiger partial charge in [-0.2, -0.15) is 5.10 Å². The molecule has 6 rings (SSSR count). The average molecular weight is 511 g/mol. The number of nitrogens with zero attached hydrogens (tertiary/aromatic N) is 3. The van der Waals surface area contributed by atoms with Crippen LogP contribution >= 0.6 is 34.8 Å². The Bertz CT molecular complexity index is 1490. The van der Waals surface area contributed by atoms with E-state index in [1.165, 1.54) is 0 Å². The van der Waals surface area contributed by atoms with Gasteiger partial charge < -0.3 is 4.74 Å². The van der Waals surface area contributed by atoms with Gasteiger partial charge in [0.25, 0.3) is 0 Å². The Morgan fingerprint density at radius 1 is 1.00 bits per heavy atom. The number of fused-ring (bicyclic) bond motifs is 4. The first-order chi connectivity index (χ1) is 16.4. The number of rotatable bonds is 2. The summed E-state index contributed by atoms with van der Waals surface area (Å²) in [5, 5.41) is 9.52. The lowest BCUT2D eigenvalue weighted by Gasteiger charge is -2.38. The molecule has 1 aromatic heterocycles. The van der Waals surface area contributed by atoms with Crippen molar-refractivity contribution in [2.75, 3.05) is 0 Å². The Labute approximate surface area is 211 Å². The van der Waals surface area contributed by atoms with Crippen molar-refractivity contribution in [3.8, 4) is 5.75 Å². The van der Waals surface area contributed by atoms with Crippen molar-refractivity contribution in [2.45, 2.75) is 25.6 Å². The molecule has 0 aliphatic carbocycles. The molecule has 2 atom stereocenters. The molecule has 8 heteroatoms. The third-order valence-corrected chi connectivity index (χ3v) is 7.08. The minimum atomic E-state index is -0.577. The van der Waals surface area contributed by atoms with Crippen LogP contribution in [0.2, 0.25) is 15.1 Å². The number of carbonyl (C=O) groups is 1. The van der Waals surface area contributed by atoms with Gasteiger partial charge in [-0.1, -0.05) is 65.1 Å². The van der Waals surface area contributed by atoms with E-state index in [4.69, 9.17) is 44.6 Å². The van der Waals surface area contributed by atoms with Crippen molar-refractivity contribution in [2.24, 2.45) is 5.10 Å². The maximum absolute atomic E-state index is 12.4. The SMILES string of the molecule is CC(=O)n1cc(C2Oc3c(Cl)cc(Cl)cc3C3CC(c4ccc(Cl)cc4)=NN32)c2ccccc21. The zero-order valence-corrected chi connectivity index (χ0v) is 20.3. The minimum absolute atomic E-state index is 0.0770. The molecule has 3 aromatic carbocycles. The molecule has 3 heterocycles. The number of hydrazone groups is 1. The van der Waals surface area contributed by atoms with Crippen LogP contribution in [-0.4, -0.2) is 21.2 Å². The summed E-state index contributed by atoms with van der Waals surface area (Å²) in [6.07, 6.45) is 1.90. The van der Waals surface area contributed by atoms with E-state index in [-0.39, 0.29) is 11.9 Å². The summed E-state index contributed by atoms with van der Waals surface area (Å²) in [6.45, 7) is 1.54. The van der Waals surface area contributed by atoms with Crippen molar-refractivity contribution in [1.29, 1.82) is 0 Å². The molecule has 2 aliphatic heterocycles. The van der Waals surface area contributed by atoms with Crippen LogP contribution in [0, 0.1) is 0 Å². The number of aromatic nitrogens is 1. The molecule has 170 valence electrons. The van der Waals surface area contributed by atoms with E-state index in [2.05, 4.69) is 0 Å². The molecule has 0 amide bonds. The summed E-state index contributed by atoms with van der Waals surface area (Å²) in [5.74, 6) is 0.510. The van der Waals surface area contributed by atoms with Crippen LogP contribution in [0.1, 0.15) is 47.1 Å². The molecule has 34 heavy (non-hydrogen) atoms. The Balaban J connectivity index is 1.54. The zero-order valence-electron chi connectivity index (χ0n) is 18.0. The molecule has 0 N–H and O–H groups in total. The van der Waals surface area contributed by atoms with Crippen LogP contribution < -0.4 is 4.74 Å². The molecule has 0 spiro atoms. The fourth-order valence-electron chi connectivity index (χ4n) is 4.80. The van der Waals surface area contributed by atoms with Crippen LogP contribution in [0.5, 0.6) is 5.75 Å². The second-order valence-corrected chi connectivity index (χ2v) is 9.70. The molecule has 0 bridgehead atoms. The van der Waals surface area contributed by atoms with Crippen LogP contribution in [0.25, 0.3) is 10.9 Å². The third kappa shape index (κ3) is 3.38. The first-order valence-corrected chi connectivity index (χ1v) is 11.9. The maximum atomic E-state index is 12.4. The lowest BCUT2D eigenvalue weighted by Crippen LogP contribution is -2.33. The molecule has 2 unspecified atom stereocenters. The molecule has 4 aromatic rings. The van der Waals surface area contributed by atoms with Crippen molar-refractivity contribution in [1.82, 2.24) is 9.58 Å². The number of para-hydroxylation sites is 1. The van der Waals surface area contributed by atoms with Gasteiger partial charge in [-0.15, -0.1) is 0 Å². The van der Waals surface area contributed by atoms with Crippen LogP contribution in [0.4, 0.5) is 0 Å². The largest absolute Gasteiger partial charge is 0.463 e. The van der Waals surface area contributed by atoms with Gasteiger partial charge in [-0.3, -0.25) is 9.36 Å². The molecular formula is C26H18Cl3N3O2. The smallest absolute Gasteiger partial charge is 0.227 e. The highest BCUT2D eigenvalue weighted by molar-refractivity contribution is 6.35. The fourth-order valence-corrected chi connectivity index (χ4v) is 5.48. The van der Waals surface area contributed by atoms with E-state index >= 15 is 0 Å². The second-order valence-electron chi connectivity index (χ2n) is 8.42. The first-order valence-electron chi connectivity index (χ1n) is 10.8. The molecule has 0 saturated heterocycles. The summed E-state index contributed by atoms with van der Waals surface area (Å²) in [5.41, 5.74) is 4.44. The number of hydrogen-bond donors (Lipinski definition) is 0. The van der Waals surface area contributed by atoms with Crippen LogP contribution in [0.3, 0.4) is 0 Å². The van der Waals surface area contributed by atoms with Gasteiger partial charge in [-0.05, 0) is 35.9 Å². The summed E-state index contributed by atoms with van der Waals surface area (Å²) >= 11 is 19.1. The van der Waals surface area contributed by atoms with Crippen molar-refractivity contribution >= 4 is 57.3 Å². The maximum Gasteiger partial charge on any atom is 0.227 e. The van der Waals surface area contributed by atoms with Gasteiger partial charge in [-0.25, -0.2) is 5.01 Å². The van der Waals surface area contributed by atoms with E-state index in [0.717, 1.165) is 33.3 Å². The number of ether oxygens (including phenoxy) is 1. The van der Waals surface area contributed by atoms with Gasteiger partial charge >= 0.3 is 0 Å². The second kappa shape index (κ2) is 8.05. The Kier molecular flexibility index (Phi) is 5.10. The highest BCUT2D eigenvalue weighted by Crippen LogP contribution is 2.51. The van der Waals surface area contributed by atoms with Crippen molar-refractivity contribution in [3.63, 3.8) is 0 Å². The van der Waals surface area contributed by atoms with Gasteiger partial charge in [0.1, 0.15) is 5.75 Å². The Morgan fingerprint density at radius 2 is 1.76 bits per heavy atom. The topological polar surface area (TPSA) is 46.8 Å². The molecule has 0 fully saturated rings. The lowest BCUT2D eigenvalue weighted by molar-refractivity contribution is -0.0180. The minimum Gasteiger partial charge on any atom is -0.463 e. The van der Waals surface area contributed by atoms with Gasteiger partial charge in [0, 0.05) is 46.1 Å². The van der Waals surface area contributed by atoms with E-state index < -0.39 is 6.23 Å². The molecule has 0 saturated carbocycles. The quantitative estimate of drug-likeness (QED) is 0.280. The third-order valence-electron chi connectivity index (χ3n) is 6.33. The van der Waals surface area contributed by atoms with Gasteiger partial charge in [0.2, 0.25) is 12.1 Å². The van der Waals surface area contributed by atoms with Crippen molar-refractivity contribution < 1.29 is 9.53 Å². The summed E-state index contributed by atoms with van der Waals surface area (Å²) in [6, 6.07) is 18.8. The summed E-state index contributed by atoms with van der Waals surface area (Å²) in [4.78, 5) is 12.4. The number of hydrogen-bond acceptors (Lipinski definition) is 4.